The number of hydrogen-bond donors (Lipinski definition) is 0. The smallest absolute Gasteiger partial charge is 0.207 e. The molecule has 1 aromatic rings. The van der Waals surface area contributed by atoms with Crippen molar-refractivity contribution in [2.75, 3.05) is 6.54 Å². The molecule has 0 N–H and O–H groups in total. The van der Waals surface area contributed by atoms with Gasteiger partial charge in [-0.3, -0.25) is 0 Å². The van der Waals surface area contributed by atoms with Gasteiger partial charge >= 0.3 is 0 Å². The molecule has 4 atom stereocenters. The fourth-order valence-corrected chi connectivity index (χ4v) is 6.11. The molecule has 2 aliphatic rings. The molecule has 1 aliphatic carbocycles. The Morgan fingerprint density at radius 1 is 1.10 bits per heavy atom. The second-order valence-corrected chi connectivity index (χ2v) is 9.96. The van der Waals surface area contributed by atoms with Gasteiger partial charge in [0, 0.05) is 22.2 Å². The fraction of sp³-hybridized carbons (Fsp3) is 0.571. The number of benzene rings is 1. The number of halogens is 2. The summed E-state index contributed by atoms with van der Waals surface area (Å²) >= 11 is 7.31. The second kappa shape index (κ2) is 5.38. The first-order valence-corrected chi connectivity index (χ1v) is 10.0. The summed E-state index contributed by atoms with van der Waals surface area (Å²) < 4.78 is 27.0. The Kier molecular flexibility index (Phi) is 4.03. The first kappa shape index (κ1) is 15.0. The molecule has 0 spiro atoms. The molecule has 3 nitrogen and oxygen atoms in total. The van der Waals surface area contributed by atoms with Crippen molar-refractivity contribution in [1.29, 1.82) is 0 Å². The van der Waals surface area contributed by atoms with E-state index in [4.69, 9.17) is 0 Å². The zero-order valence-electron chi connectivity index (χ0n) is 11.2. The number of hydrogen-bond acceptors (Lipinski definition) is 2. The normalized spacial score (nSPS) is 34.4. The number of alkyl halides is 2. The first-order chi connectivity index (χ1) is 9.39. The van der Waals surface area contributed by atoms with Crippen LogP contribution in [0.1, 0.15) is 18.4 Å². The van der Waals surface area contributed by atoms with Crippen LogP contribution in [0.15, 0.2) is 29.2 Å². The molecule has 0 radical (unpaired) electrons. The van der Waals surface area contributed by atoms with Gasteiger partial charge in [-0.2, -0.15) is 4.31 Å². The van der Waals surface area contributed by atoms with Crippen LogP contribution in [-0.4, -0.2) is 35.0 Å². The lowest BCUT2D eigenvalue weighted by molar-refractivity contribution is 0.0667. The molecule has 1 aliphatic heterocycles. The molecular weight excluding hydrogens is 406 g/mol. The van der Waals surface area contributed by atoms with Crippen molar-refractivity contribution in [3.05, 3.63) is 29.8 Å². The Balaban J connectivity index is 1.82. The Bertz CT molecular complexity index is 602. The summed E-state index contributed by atoms with van der Waals surface area (Å²) in [6, 6.07) is 7.28. The van der Waals surface area contributed by atoms with E-state index < -0.39 is 10.0 Å². The van der Waals surface area contributed by atoms with Gasteiger partial charge in [-0.15, -0.1) is 0 Å². The lowest BCUT2D eigenvalue weighted by Gasteiger charge is -2.52. The van der Waals surface area contributed by atoms with Gasteiger partial charge in [-0.05, 0) is 37.8 Å². The van der Waals surface area contributed by atoms with E-state index in [0.29, 0.717) is 27.0 Å². The lowest BCUT2D eigenvalue weighted by Crippen LogP contribution is -2.62. The van der Waals surface area contributed by atoms with Crippen molar-refractivity contribution in [2.24, 2.45) is 5.92 Å². The van der Waals surface area contributed by atoms with E-state index in [1.807, 2.05) is 19.1 Å². The van der Waals surface area contributed by atoms with Crippen LogP contribution in [0.25, 0.3) is 0 Å². The molecule has 1 heterocycles. The topological polar surface area (TPSA) is 37.4 Å². The maximum Gasteiger partial charge on any atom is 0.243 e. The van der Waals surface area contributed by atoms with Crippen LogP contribution in [0.5, 0.6) is 0 Å². The van der Waals surface area contributed by atoms with E-state index in [9.17, 15) is 8.42 Å². The summed E-state index contributed by atoms with van der Waals surface area (Å²) in [4.78, 5) is 1.21. The third kappa shape index (κ3) is 2.49. The average Bonchev–Trinajstić information content (AvgIpc) is 2.38. The Labute approximate surface area is 137 Å². The number of nitrogens with zero attached hydrogens (tertiary/aromatic N) is 1. The standard InChI is InChI=1S/C14H17Br2NO2S/c1-9-2-4-11(5-3-9)20(18,19)17-8-10-6-12(15)13(16)7-14(10)17/h2-5,10,12-14H,6-8H2,1H3. The van der Waals surface area contributed by atoms with Crippen LogP contribution in [0.4, 0.5) is 0 Å². The molecule has 110 valence electrons. The van der Waals surface area contributed by atoms with Crippen LogP contribution >= 0.6 is 31.9 Å². The zero-order chi connectivity index (χ0) is 14.5. The minimum Gasteiger partial charge on any atom is -0.207 e. The van der Waals surface area contributed by atoms with Gasteiger partial charge < -0.3 is 0 Å². The van der Waals surface area contributed by atoms with Crippen LogP contribution in [0.2, 0.25) is 0 Å². The zero-order valence-corrected chi connectivity index (χ0v) is 15.2. The van der Waals surface area contributed by atoms with Crippen molar-refractivity contribution in [1.82, 2.24) is 4.31 Å². The first-order valence-electron chi connectivity index (χ1n) is 6.76. The average molecular weight is 423 g/mol. The van der Waals surface area contributed by atoms with Gasteiger partial charge in [0.1, 0.15) is 0 Å². The van der Waals surface area contributed by atoms with Gasteiger partial charge in [-0.25, -0.2) is 8.42 Å². The van der Waals surface area contributed by atoms with Crippen LogP contribution < -0.4 is 0 Å². The minimum atomic E-state index is -3.33. The highest BCUT2D eigenvalue weighted by Crippen LogP contribution is 2.44. The van der Waals surface area contributed by atoms with Gasteiger partial charge in [0.2, 0.25) is 10.0 Å². The summed E-state index contributed by atoms with van der Waals surface area (Å²) in [5.74, 6) is 0.494. The SMILES string of the molecule is Cc1ccc(S(=O)(=O)N2CC3CC(Br)C(Br)CC32)cc1. The number of sulfonamides is 1. The lowest BCUT2D eigenvalue weighted by atomic mass is 9.79. The fourth-order valence-electron chi connectivity index (χ4n) is 3.06. The Morgan fingerprint density at radius 3 is 2.35 bits per heavy atom. The van der Waals surface area contributed by atoms with E-state index in [1.54, 1.807) is 16.4 Å². The molecule has 3 rings (SSSR count). The third-order valence-electron chi connectivity index (χ3n) is 4.34. The summed E-state index contributed by atoms with van der Waals surface area (Å²) in [5.41, 5.74) is 1.07. The monoisotopic (exact) mass is 421 g/mol. The van der Waals surface area contributed by atoms with Crippen LogP contribution in [-0.2, 0) is 10.0 Å². The van der Waals surface area contributed by atoms with Gasteiger partial charge in [0.05, 0.1) is 4.90 Å². The van der Waals surface area contributed by atoms with E-state index in [1.165, 1.54) is 0 Å². The molecule has 6 heteroatoms. The second-order valence-electron chi connectivity index (χ2n) is 5.72. The molecule has 0 aromatic heterocycles. The molecule has 2 fully saturated rings. The third-order valence-corrected chi connectivity index (χ3v) is 8.98. The van der Waals surface area contributed by atoms with Crippen molar-refractivity contribution < 1.29 is 8.42 Å². The highest BCUT2D eigenvalue weighted by atomic mass is 79.9. The van der Waals surface area contributed by atoms with Gasteiger partial charge in [0.15, 0.2) is 0 Å². The summed E-state index contributed by atoms with van der Waals surface area (Å²) in [7, 11) is -3.33. The molecular formula is C14H17Br2NO2S. The van der Waals surface area contributed by atoms with Crippen LogP contribution in [0, 0.1) is 12.8 Å². The number of aryl methyl sites for hydroxylation is 1. The predicted molar refractivity (Wildman–Crippen MR) is 87.0 cm³/mol. The van der Waals surface area contributed by atoms with Crippen molar-refractivity contribution in [3.63, 3.8) is 0 Å². The van der Waals surface area contributed by atoms with Gasteiger partial charge in [-0.1, -0.05) is 49.6 Å². The van der Waals surface area contributed by atoms with Crippen molar-refractivity contribution in [3.8, 4) is 0 Å². The Hall–Kier alpha value is 0.0900. The number of rotatable bonds is 2. The van der Waals surface area contributed by atoms with Gasteiger partial charge in [0.25, 0.3) is 0 Å². The maximum absolute atomic E-state index is 12.7. The molecule has 20 heavy (non-hydrogen) atoms. The van der Waals surface area contributed by atoms with E-state index in [2.05, 4.69) is 31.9 Å². The minimum absolute atomic E-state index is 0.152. The summed E-state index contributed by atoms with van der Waals surface area (Å²) in [5, 5.41) is 0. The maximum atomic E-state index is 12.7. The molecule has 1 saturated heterocycles. The van der Waals surface area contributed by atoms with Crippen molar-refractivity contribution >= 4 is 41.9 Å². The van der Waals surface area contributed by atoms with E-state index >= 15 is 0 Å². The molecule has 4 unspecified atom stereocenters. The molecule has 1 saturated carbocycles. The summed E-state index contributed by atoms with van der Waals surface area (Å²) in [6.45, 7) is 2.62. The molecule has 1 aromatic carbocycles. The Morgan fingerprint density at radius 2 is 1.70 bits per heavy atom. The predicted octanol–water partition coefficient (Wildman–Crippen LogP) is 3.30. The van der Waals surface area contributed by atoms with E-state index in [-0.39, 0.29) is 6.04 Å². The number of fused-ring (bicyclic) bond motifs is 1. The highest BCUT2D eigenvalue weighted by molar-refractivity contribution is 9.12. The molecule has 0 amide bonds. The largest absolute Gasteiger partial charge is 0.243 e. The summed E-state index contributed by atoms with van der Waals surface area (Å²) in [6.07, 6.45) is 1.92. The quantitative estimate of drug-likeness (QED) is 0.685. The van der Waals surface area contributed by atoms with E-state index in [0.717, 1.165) is 18.4 Å². The van der Waals surface area contributed by atoms with Crippen LogP contribution in [0.3, 0.4) is 0 Å². The van der Waals surface area contributed by atoms with Crippen molar-refractivity contribution in [2.45, 2.75) is 40.4 Å². The highest BCUT2D eigenvalue weighted by Gasteiger charge is 2.50. The molecule has 0 bridgehead atoms.